The third-order valence-corrected chi connectivity index (χ3v) is 2.13. The number of hydrogen-bond donors (Lipinski definition) is 2. The third-order valence-electron chi connectivity index (χ3n) is 2.13. The van der Waals surface area contributed by atoms with Crippen molar-refractivity contribution in [3.8, 4) is 0 Å². The van der Waals surface area contributed by atoms with Gasteiger partial charge >= 0.3 is 5.97 Å². The number of nitrogens with one attached hydrogen (secondary N) is 1. The number of amides is 1. The summed E-state index contributed by atoms with van der Waals surface area (Å²) in [5, 5.41) is 12.2. The predicted molar refractivity (Wildman–Crippen MR) is 63.8 cm³/mol. The van der Waals surface area contributed by atoms with Crippen LogP contribution in [0.5, 0.6) is 0 Å². The molecule has 0 unspecified atom stereocenters. The van der Waals surface area contributed by atoms with Crippen LogP contribution in [0.15, 0.2) is 29.4 Å². The highest BCUT2D eigenvalue weighted by Gasteiger charge is 2.06. The molecule has 1 amide bonds. The Labute approximate surface area is 99.2 Å². The molecule has 0 atom stereocenters. The molecule has 0 saturated carbocycles. The number of carboxylic acid groups (broad SMARTS) is 1. The van der Waals surface area contributed by atoms with Crippen LogP contribution in [0.2, 0.25) is 0 Å². The van der Waals surface area contributed by atoms with Gasteiger partial charge in [0.15, 0.2) is 0 Å². The average Bonchev–Trinajstić information content (AvgIpc) is 2.26. The summed E-state index contributed by atoms with van der Waals surface area (Å²) in [5.41, 5.74) is 4.84. The molecule has 0 aliphatic heterocycles. The molecule has 5 nitrogen and oxygen atoms in total. The number of rotatable bonds is 4. The lowest BCUT2D eigenvalue weighted by atomic mass is 10.1. The van der Waals surface area contributed by atoms with Gasteiger partial charge in [0.2, 0.25) is 0 Å². The lowest BCUT2D eigenvalue weighted by molar-refractivity contribution is -0.140. The van der Waals surface area contributed by atoms with Gasteiger partial charge in [0.1, 0.15) is 6.42 Å². The van der Waals surface area contributed by atoms with E-state index in [-0.39, 0.29) is 0 Å². The van der Waals surface area contributed by atoms with Gasteiger partial charge in [0, 0.05) is 0 Å². The SMILES string of the molecule is C/C(=N\NC(=O)CC(=O)O)c1ccc(C)cc1. The zero-order valence-corrected chi connectivity index (χ0v) is 9.73. The first-order chi connectivity index (χ1) is 7.99. The van der Waals surface area contributed by atoms with Crippen LogP contribution in [0.25, 0.3) is 0 Å². The molecular weight excluding hydrogens is 220 g/mol. The predicted octanol–water partition coefficient (Wildman–Crippen LogP) is 1.31. The summed E-state index contributed by atoms with van der Waals surface area (Å²) in [7, 11) is 0. The molecule has 1 aromatic carbocycles. The number of nitrogens with zero attached hydrogens (tertiary/aromatic N) is 1. The quantitative estimate of drug-likeness (QED) is 0.468. The smallest absolute Gasteiger partial charge is 0.312 e. The fraction of sp³-hybridized carbons (Fsp3) is 0.250. The highest BCUT2D eigenvalue weighted by Crippen LogP contribution is 2.04. The maximum atomic E-state index is 11.0. The van der Waals surface area contributed by atoms with Crippen molar-refractivity contribution in [2.45, 2.75) is 20.3 Å². The summed E-state index contributed by atoms with van der Waals surface area (Å²) < 4.78 is 0. The topological polar surface area (TPSA) is 78.8 Å². The van der Waals surface area contributed by atoms with Crippen LogP contribution in [-0.4, -0.2) is 22.7 Å². The largest absolute Gasteiger partial charge is 0.481 e. The maximum absolute atomic E-state index is 11.0. The molecule has 90 valence electrons. The van der Waals surface area contributed by atoms with Crippen molar-refractivity contribution in [3.63, 3.8) is 0 Å². The van der Waals surface area contributed by atoms with Gasteiger partial charge in [-0.25, -0.2) is 5.43 Å². The van der Waals surface area contributed by atoms with E-state index >= 15 is 0 Å². The Bertz CT molecular complexity index is 449. The lowest BCUT2D eigenvalue weighted by Crippen LogP contribution is -2.22. The minimum Gasteiger partial charge on any atom is -0.481 e. The summed E-state index contributed by atoms with van der Waals surface area (Å²) in [6.07, 6.45) is -0.579. The van der Waals surface area contributed by atoms with Crippen molar-refractivity contribution in [2.24, 2.45) is 5.10 Å². The lowest BCUT2D eigenvalue weighted by Gasteiger charge is -2.02. The number of benzene rings is 1. The summed E-state index contributed by atoms with van der Waals surface area (Å²) in [4.78, 5) is 21.3. The van der Waals surface area contributed by atoms with Gasteiger partial charge in [0.05, 0.1) is 5.71 Å². The van der Waals surface area contributed by atoms with Crippen LogP contribution >= 0.6 is 0 Å². The van der Waals surface area contributed by atoms with Gasteiger partial charge in [0.25, 0.3) is 5.91 Å². The highest BCUT2D eigenvalue weighted by atomic mass is 16.4. The molecule has 0 bridgehead atoms. The fourth-order valence-corrected chi connectivity index (χ4v) is 1.18. The van der Waals surface area contributed by atoms with Crippen molar-refractivity contribution in [1.29, 1.82) is 0 Å². The highest BCUT2D eigenvalue weighted by molar-refractivity contribution is 6.00. The molecule has 5 heteroatoms. The minimum atomic E-state index is -1.18. The number of carbonyl (C=O) groups is 2. The Morgan fingerprint density at radius 2 is 1.88 bits per heavy atom. The Morgan fingerprint density at radius 3 is 2.41 bits per heavy atom. The number of aliphatic carboxylic acids is 1. The molecule has 1 rings (SSSR count). The van der Waals surface area contributed by atoms with Gasteiger partial charge < -0.3 is 5.11 Å². The Morgan fingerprint density at radius 1 is 1.29 bits per heavy atom. The molecule has 0 aliphatic carbocycles. The molecule has 0 heterocycles. The van der Waals surface area contributed by atoms with E-state index in [0.29, 0.717) is 5.71 Å². The Hall–Kier alpha value is -2.17. The van der Waals surface area contributed by atoms with E-state index in [0.717, 1.165) is 11.1 Å². The van der Waals surface area contributed by atoms with Crippen molar-refractivity contribution < 1.29 is 14.7 Å². The van der Waals surface area contributed by atoms with Gasteiger partial charge in [-0.2, -0.15) is 5.10 Å². The van der Waals surface area contributed by atoms with Gasteiger partial charge in [-0.05, 0) is 19.4 Å². The first-order valence-electron chi connectivity index (χ1n) is 5.11. The van der Waals surface area contributed by atoms with Crippen molar-refractivity contribution in [3.05, 3.63) is 35.4 Å². The van der Waals surface area contributed by atoms with Crippen LogP contribution in [0, 0.1) is 6.92 Å². The maximum Gasteiger partial charge on any atom is 0.312 e. The van der Waals surface area contributed by atoms with Crippen molar-refractivity contribution in [1.82, 2.24) is 5.43 Å². The summed E-state index contributed by atoms with van der Waals surface area (Å²) in [6.45, 7) is 3.72. The first kappa shape index (κ1) is 12.9. The molecule has 1 aromatic rings. The van der Waals surface area contributed by atoms with E-state index in [9.17, 15) is 9.59 Å². The summed E-state index contributed by atoms with van der Waals surface area (Å²) >= 11 is 0. The molecule has 2 N–H and O–H groups in total. The standard InChI is InChI=1S/C12H14N2O3/c1-8-3-5-10(6-4-8)9(2)13-14-11(15)7-12(16)17/h3-6H,7H2,1-2H3,(H,14,15)(H,16,17)/b13-9+. The Balaban J connectivity index is 2.63. The van der Waals surface area contributed by atoms with E-state index < -0.39 is 18.3 Å². The second kappa shape index (κ2) is 5.79. The minimum absolute atomic E-state index is 0.579. The van der Waals surface area contributed by atoms with Crippen LogP contribution < -0.4 is 5.43 Å². The van der Waals surface area contributed by atoms with Gasteiger partial charge in [-0.3, -0.25) is 9.59 Å². The summed E-state index contributed by atoms with van der Waals surface area (Å²) in [6, 6.07) is 7.65. The monoisotopic (exact) mass is 234 g/mol. The van der Waals surface area contributed by atoms with E-state index in [2.05, 4.69) is 10.5 Å². The second-order valence-corrected chi connectivity index (χ2v) is 3.67. The van der Waals surface area contributed by atoms with Crippen molar-refractivity contribution >= 4 is 17.6 Å². The van der Waals surface area contributed by atoms with Crippen LogP contribution in [0.4, 0.5) is 0 Å². The van der Waals surface area contributed by atoms with Crippen LogP contribution in [0.3, 0.4) is 0 Å². The van der Waals surface area contributed by atoms with E-state index in [1.807, 2.05) is 31.2 Å². The molecule has 0 aromatic heterocycles. The second-order valence-electron chi connectivity index (χ2n) is 3.67. The van der Waals surface area contributed by atoms with E-state index in [1.165, 1.54) is 0 Å². The third kappa shape index (κ3) is 4.46. The van der Waals surface area contributed by atoms with Gasteiger partial charge in [-0.15, -0.1) is 0 Å². The van der Waals surface area contributed by atoms with E-state index in [4.69, 9.17) is 5.11 Å². The molecule has 17 heavy (non-hydrogen) atoms. The average molecular weight is 234 g/mol. The Kier molecular flexibility index (Phi) is 4.39. The molecule has 0 aliphatic rings. The normalized spacial score (nSPS) is 11.1. The van der Waals surface area contributed by atoms with Crippen molar-refractivity contribution in [2.75, 3.05) is 0 Å². The molecule has 0 radical (unpaired) electrons. The van der Waals surface area contributed by atoms with Crippen LogP contribution in [-0.2, 0) is 9.59 Å². The summed E-state index contributed by atoms with van der Waals surface area (Å²) in [5.74, 6) is -1.81. The molecule has 0 spiro atoms. The number of hydrazone groups is 1. The molecule has 0 fully saturated rings. The zero-order chi connectivity index (χ0) is 12.8. The fourth-order valence-electron chi connectivity index (χ4n) is 1.18. The van der Waals surface area contributed by atoms with Gasteiger partial charge in [-0.1, -0.05) is 29.8 Å². The molecule has 0 saturated heterocycles. The first-order valence-corrected chi connectivity index (χ1v) is 5.11. The van der Waals surface area contributed by atoms with Crippen LogP contribution in [0.1, 0.15) is 24.5 Å². The molecular formula is C12H14N2O3. The number of carbonyl (C=O) groups excluding carboxylic acids is 1. The van der Waals surface area contributed by atoms with E-state index in [1.54, 1.807) is 6.92 Å². The number of carboxylic acids is 1. The zero-order valence-electron chi connectivity index (χ0n) is 9.73. The number of hydrogen-bond acceptors (Lipinski definition) is 3. The number of aryl methyl sites for hydroxylation is 1.